The number of rotatable bonds is 9. The number of carbonyl (C=O) groups excluding carboxylic acids is 3. The van der Waals surface area contributed by atoms with Crippen molar-refractivity contribution in [3.8, 4) is 5.75 Å². The Hall–Kier alpha value is -4.63. The van der Waals surface area contributed by atoms with Crippen molar-refractivity contribution in [2.45, 2.75) is 57.9 Å². The number of carbonyl (C=O) groups is 3. The van der Waals surface area contributed by atoms with E-state index in [4.69, 9.17) is 15.2 Å². The SMILES string of the molecule is CC(C)(C)OC(=O)N(C(=O)[C@@H](N)Cc1ccc(O)cc1)[C@@H](Cc1c[nH]c2ccccc12)C(=O)OCc1ccccc1. The fraction of sp³-hybridized carbons (Fsp3) is 0.281. The van der Waals surface area contributed by atoms with Gasteiger partial charge in [0.1, 0.15) is 24.0 Å². The molecule has 0 saturated heterocycles. The second-order valence-corrected chi connectivity index (χ2v) is 10.8. The zero-order valence-electron chi connectivity index (χ0n) is 23.4. The first-order chi connectivity index (χ1) is 19.5. The van der Waals surface area contributed by atoms with E-state index in [1.165, 1.54) is 12.1 Å². The molecule has 4 rings (SSSR count). The zero-order chi connectivity index (χ0) is 29.6. The van der Waals surface area contributed by atoms with Crippen LogP contribution in [0.1, 0.15) is 37.5 Å². The Kier molecular flexibility index (Phi) is 9.09. The van der Waals surface area contributed by atoms with Gasteiger partial charge in [-0.05, 0) is 62.1 Å². The van der Waals surface area contributed by atoms with Crippen molar-refractivity contribution in [2.75, 3.05) is 0 Å². The monoisotopic (exact) mass is 557 g/mol. The molecule has 0 saturated carbocycles. The number of benzene rings is 3. The van der Waals surface area contributed by atoms with Gasteiger partial charge in [-0.25, -0.2) is 14.5 Å². The summed E-state index contributed by atoms with van der Waals surface area (Å²) in [4.78, 5) is 45.2. The van der Waals surface area contributed by atoms with E-state index in [0.29, 0.717) is 5.56 Å². The molecule has 4 aromatic rings. The van der Waals surface area contributed by atoms with E-state index in [9.17, 15) is 19.5 Å². The smallest absolute Gasteiger partial charge is 0.417 e. The summed E-state index contributed by atoms with van der Waals surface area (Å²) in [7, 11) is 0. The fourth-order valence-corrected chi connectivity index (χ4v) is 4.45. The number of fused-ring (bicyclic) bond motifs is 1. The summed E-state index contributed by atoms with van der Waals surface area (Å²) in [5.41, 5.74) is 8.38. The van der Waals surface area contributed by atoms with Crippen molar-refractivity contribution in [2.24, 2.45) is 5.73 Å². The van der Waals surface area contributed by atoms with Gasteiger partial charge >= 0.3 is 12.1 Å². The molecule has 0 fully saturated rings. The molecule has 9 heteroatoms. The Morgan fingerprint density at radius 1 is 0.902 bits per heavy atom. The van der Waals surface area contributed by atoms with Gasteiger partial charge in [-0.15, -0.1) is 0 Å². The number of nitrogens with two attached hydrogens (primary N) is 1. The van der Waals surface area contributed by atoms with Crippen molar-refractivity contribution in [3.05, 3.63) is 102 Å². The standard InChI is InChI=1S/C32H35N3O6/c1-32(2,3)41-31(39)35(29(37)26(33)17-21-13-15-24(36)16-14-21)28(30(38)40-20-22-9-5-4-6-10-22)18-23-19-34-27-12-8-7-11-25(23)27/h4-16,19,26,28,34,36H,17-18,20,33H2,1-3H3/t26-,28-/m0/s1. The molecular weight excluding hydrogens is 522 g/mol. The molecule has 0 unspecified atom stereocenters. The van der Waals surface area contributed by atoms with Crippen LogP contribution in [0.5, 0.6) is 5.75 Å². The Balaban J connectivity index is 1.70. The molecule has 41 heavy (non-hydrogen) atoms. The summed E-state index contributed by atoms with van der Waals surface area (Å²) in [6.45, 7) is 4.98. The molecule has 2 amide bonds. The first-order valence-electron chi connectivity index (χ1n) is 13.4. The zero-order valence-corrected chi connectivity index (χ0v) is 23.4. The maximum Gasteiger partial charge on any atom is 0.417 e. The molecule has 0 bridgehead atoms. The maximum atomic E-state index is 13.9. The number of amides is 2. The number of aromatic nitrogens is 1. The number of aromatic amines is 1. The molecule has 2 atom stereocenters. The van der Waals surface area contributed by atoms with Crippen LogP contribution >= 0.6 is 0 Å². The molecule has 0 aliphatic carbocycles. The van der Waals surface area contributed by atoms with Crippen molar-refractivity contribution >= 4 is 28.9 Å². The lowest BCUT2D eigenvalue weighted by molar-refractivity contribution is -0.156. The molecule has 214 valence electrons. The van der Waals surface area contributed by atoms with Crippen LogP contribution in [0.25, 0.3) is 10.9 Å². The molecule has 1 heterocycles. The highest BCUT2D eigenvalue weighted by molar-refractivity contribution is 5.99. The number of hydrogen-bond acceptors (Lipinski definition) is 7. The molecule has 0 aliphatic heterocycles. The van der Waals surface area contributed by atoms with Crippen LogP contribution < -0.4 is 5.73 Å². The van der Waals surface area contributed by atoms with E-state index >= 15 is 0 Å². The third-order valence-electron chi connectivity index (χ3n) is 6.43. The van der Waals surface area contributed by atoms with Crippen LogP contribution in [0.3, 0.4) is 0 Å². The van der Waals surface area contributed by atoms with E-state index in [1.807, 2.05) is 54.6 Å². The largest absolute Gasteiger partial charge is 0.508 e. The van der Waals surface area contributed by atoms with Gasteiger partial charge in [0.15, 0.2) is 0 Å². The minimum atomic E-state index is -1.36. The van der Waals surface area contributed by atoms with Gasteiger partial charge in [0.05, 0.1) is 6.04 Å². The first kappa shape index (κ1) is 29.4. The normalized spacial score (nSPS) is 12.9. The minimum absolute atomic E-state index is 0.0193. The summed E-state index contributed by atoms with van der Waals surface area (Å²) >= 11 is 0. The number of imide groups is 1. The number of nitrogens with zero attached hydrogens (tertiary/aromatic N) is 1. The predicted octanol–water partition coefficient (Wildman–Crippen LogP) is 4.86. The third-order valence-corrected chi connectivity index (χ3v) is 6.43. The highest BCUT2D eigenvalue weighted by Crippen LogP contribution is 2.24. The Morgan fingerprint density at radius 2 is 1.56 bits per heavy atom. The number of nitrogens with one attached hydrogen (secondary N) is 1. The summed E-state index contributed by atoms with van der Waals surface area (Å²) in [5.74, 6) is -1.48. The predicted molar refractivity (Wildman–Crippen MR) is 155 cm³/mol. The summed E-state index contributed by atoms with van der Waals surface area (Å²) < 4.78 is 11.3. The van der Waals surface area contributed by atoms with Crippen LogP contribution in [-0.4, -0.2) is 50.6 Å². The summed E-state index contributed by atoms with van der Waals surface area (Å²) in [6.07, 6.45) is 0.799. The molecule has 3 aromatic carbocycles. The van der Waals surface area contributed by atoms with Gasteiger partial charge < -0.3 is 25.3 Å². The molecule has 0 aliphatic rings. The third kappa shape index (κ3) is 7.73. The molecule has 0 radical (unpaired) electrons. The van der Waals surface area contributed by atoms with E-state index < -0.39 is 35.7 Å². The van der Waals surface area contributed by atoms with Crippen molar-refractivity contribution < 1.29 is 29.0 Å². The molecule has 0 spiro atoms. The van der Waals surface area contributed by atoms with Crippen molar-refractivity contribution in [1.29, 1.82) is 0 Å². The quantitative estimate of drug-likeness (QED) is 0.250. The van der Waals surface area contributed by atoms with Gasteiger partial charge in [-0.1, -0.05) is 60.7 Å². The minimum Gasteiger partial charge on any atom is -0.508 e. The molecule has 1 aromatic heterocycles. The number of phenolic OH excluding ortho intramolecular Hbond substituents is 1. The van der Waals surface area contributed by atoms with Gasteiger partial charge in [-0.3, -0.25) is 4.79 Å². The van der Waals surface area contributed by atoms with Gasteiger partial charge in [0, 0.05) is 23.5 Å². The van der Waals surface area contributed by atoms with Crippen molar-refractivity contribution in [1.82, 2.24) is 9.88 Å². The van der Waals surface area contributed by atoms with Crippen LogP contribution in [0, 0.1) is 0 Å². The number of H-pyrrole nitrogens is 1. The van der Waals surface area contributed by atoms with Gasteiger partial charge in [0.25, 0.3) is 0 Å². The Morgan fingerprint density at radius 3 is 2.24 bits per heavy atom. The second-order valence-electron chi connectivity index (χ2n) is 10.8. The first-order valence-corrected chi connectivity index (χ1v) is 13.4. The average molecular weight is 558 g/mol. The second kappa shape index (κ2) is 12.7. The van der Waals surface area contributed by atoms with Crippen LogP contribution in [0.4, 0.5) is 4.79 Å². The lowest BCUT2D eigenvalue weighted by Gasteiger charge is -2.32. The number of phenols is 1. The highest BCUT2D eigenvalue weighted by Gasteiger charge is 2.41. The topological polar surface area (TPSA) is 135 Å². The number of hydrogen-bond donors (Lipinski definition) is 3. The number of para-hydroxylation sites is 1. The number of aromatic hydroxyl groups is 1. The summed E-state index contributed by atoms with van der Waals surface area (Å²) in [6, 6.07) is 20.4. The average Bonchev–Trinajstić information content (AvgIpc) is 3.35. The van der Waals surface area contributed by atoms with E-state index in [1.54, 1.807) is 39.1 Å². The van der Waals surface area contributed by atoms with Crippen molar-refractivity contribution in [3.63, 3.8) is 0 Å². The summed E-state index contributed by atoms with van der Waals surface area (Å²) in [5, 5.41) is 10.5. The maximum absolute atomic E-state index is 13.9. The van der Waals surface area contributed by atoms with Gasteiger partial charge in [-0.2, -0.15) is 0 Å². The lowest BCUT2D eigenvalue weighted by atomic mass is 10.0. The Bertz CT molecular complexity index is 1490. The number of ether oxygens (including phenoxy) is 2. The number of esters is 1. The molecule has 9 nitrogen and oxygen atoms in total. The Labute approximate surface area is 238 Å². The van der Waals surface area contributed by atoms with Crippen LogP contribution in [0.15, 0.2) is 85.1 Å². The van der Waals surface area contributed by atoms with E-state index in [-0.39, 0.29) is 25.2 Å². The van der Waals surface area contributed by atoms with Crippen LogP contribution in [-0.2, 0) is 38.5 Å². The fourth-order valence-electron chi connectivity index (χ4n) is 4.45. The van der Waals surface area contributed by atoms with E-state index in [2.05, 4.69) is 4.98 Å². The van der Waals surface area contributed by atoms with E-state index in [0.717, 1.165) is 26.9 Å². The molecular formula is C32H35N3O6. The van der Waals surface area contributed by atoms with Crippen LogP contribution in [0.2, 0.25) is 0 Å². The van der Waals surface area contributed by atoms with Gasteiger partial charge in [0.2, 0.25) is 5.91 Å². The highest BCUT2D eigenvalue weighted by atomic mass is 16.6. The molecule has 4 N–H and O–H groups in total. The lowest BCUT2D eigenvalue weighted by Crippen LogP contribution is -2.56.